The van der Waals surface area contributed by atoms with Gasteiger partial charge in [0.15, 0.2) is 0 Å². The summed E-state index contributed by atoms with van der Waals surface area (Å²) >= 11 is 0. The molecule has 2 rings (SSSR count). The molecule has 2 atom stereocenters. The van der Waals surface area contributed by atoms with Gasteiger partial charge in [0.2, 0.25) is 0 Å². The Morgan fingerprint density at radius 3 is 2.78 bits per heavy atom. The van der Waals surface area contributed by atoms with E-state index in [-0.39, 0.29) is 0 Å². The standard InChI is InChI=1S/C16H27NO/c1-3-5-9-12-17-14-13-15(18-4-2)16(14)10-7-6-8-11-16/h1,14-15,17H,4-13H2,2H3. The zero-order valence-electron chi connectivity index (χ0n) is 11.7. The third-order valence-electron chi connectivity index (χ3n) is 4.83. The van der Waals surface area contributed by atoms with Crippen molar-refractivity contribution in [2.75, 3.05) is 13.2 Å². The van der Waals surface area contributed by atoms with Gasteiger partial charge in [-0.3, -0.25) is 0 Å². The SMILES string of the molecule is C#CCCCNC1CC(OCC)C12CCCCC2. The summed E-state index contributed by atoms with van der Waals surface area (Å²) in [6, 6.07) is 0.673. The van der Waals surface area contributed by atoms with E-state index in [4.69, 9.17) is 11.2 Å². The Labute approximate surface area is 112 Å². The van der Waals surface area contributed by atoms with Crippen LogP contribution in [0.2, 0.25) is 0 Å². The Bertz CT molecular complexity index is 288. The highest BCUT2D eigenvalue weighted by Crippen LogP contribution is 2.53. The molecule has 2 nitrogen and oxygen atoms in total. The summed E-state index contributed by atoms with van der Waals surface area (Å²) < 4.78 is 5.96. The number of unbranched alkanes of at least 4 members (excludes halogenated alkanes) is 1. The largest absolute Gasteiger partial charge is 0.378 e. The minimum atomic E-state index is 0.449. The van der Waals surface area contributed by atoms with Crippen LogP contribution in [0.3, 0.4) is 0 Å². The lowest BCUT2D eigenvalue weighted by Crippen LogP contribution is -2.64. The van der Waals surface area contributed by atoms with Gasteiger partial charge in [0, 0.05) is 24.5 Å². The average molecular weight is 249 g/mol. The van der Waals surface area contributed by atoms with Crippen molar-refractivity contribution in [3.05, 3.63) is 0 Å². The normalized spacial score (nSPS) is 29.8. The topological polar surface area (TPSA) is 21.3 Å². The Kier molecular flexibility index (Phi) is 5.09. The second-order valence-electron chi connectivity index (χ2n) is 5.79. The average Bonchev–Trinajstić information content (AvgIpc) is 2.42. The fourth-order valence-electron chi connectivity index (χ4n) is 3.82. The monoisotopic (exact) mass is 249 g/mol. The molecule has 1 spiro atoms. The van der Waals surface area contributed by atoms with Gasteiger partial charge in [-0.15, -0.1) is 12.3 Å². The first-order valence-corrected chi connectivity index (χ1v) is 7.62. The second kappa shape index (κ2) is 6.59. The van der Waals surface area contributed by atoms with Gasteiger partial charge < -0.3 is 10.1 Å². The molecule has 2 aliphatic rings. The maximum atomic E-state index is 5.96. The van der Waals surface area contributed by atoms with Crippen molar-refractivity contribution in [3.63, 3.8) is 0 Å². The van der Waals surface area contributed by atoms with E-state index >= 15 is 0 Å². The van der Waals surface area contributed by atoms with E-state index in [0.717, 1.165) is 26.0 Å². The Hall–Kier alpha value is -0.520. The second-order valence-corrected chi connectivity index (χ2v) is 5.79. The summed E-state index contributed by atoms with van der Waals surface area (Å²) in [5.74, 6) is 2.71. The first kappa shape index (κ1) is 13.9. The van der Waals surface area contributed by atoms with Crippen LogP contribution in [0.5, 0.6) is 0 Å². The molecule has 2 heteroatoms. The third-order valence-corrected chi connectivity index (χ3v) is 4.83. The van der Waals surface area contributed by atoms with Crippen molar-refractivity contribution in [1.29, 1.82) is 0 Å². The van der Waals surface area contributed by atoms with Crippen LogP contribution in [-0.2, 0) is 4.74 Å². The maximum Gasteiger partial charge on any atom is 0.0661 e. The lowest BCUT2D eigenvalue weighted by Gasteiger charge is -2.58. The van der Waals surface area contributed by atoms with Gasteiger partial charge in [-0.2, -0.15) is 0 Å². The minimum absolute atomic E-state index is 0.449. The summed E-state index contributed by atoms with van der Waals surface area (Å²) in [6.07, 6.45) is 15.9. The van der Waals surface area contributed by atoms with Gasteiger partial charge in [-0.05, 0) is 39.2 Å². The highest BCUT2D eigenvalue weighted by molar-refractivity contribution is 5.08. The Morgan fingerprint density at radius 1 is 1.33 bits per heavy atom. The van der Waals surface area contributed by atoms with Crippen LogP contribution in [0.15, 0.2) is 0 Å². The van der Waals surface area contributed by atoms with Crippen LogP contribution in [-0.4, -0.2) is 25.3 Å². The molecule has 0 aliphatic heterocycles. The number of hydrogen-bond acceptors (Lipinski definition) is 2. The van der Waals surface area contributed by atoms with Crippen LogP contribution in [0.1, 0.15) is 58.3 Å². The zero-order chi connectivity index (χ0) is 12.8. The van der Waals surface area contributed by atoms with Crippen LogP contribution in [0.25, 0.3) is 0 Å². The molecular weight excluding hydrogens is 222 g/mol. The molecule has 2 fully saturated rings. The van der Waals surface area contributed by atoms with Gasteiger partial charge >= 0.3 is 0 Å². The van der Waals surface area contributed by atoms with Crippen molar-refractivity contribution in [1.82, 2.24) is 5.32 Å². The molecule has 0 aromatic carbocycles. The Balaban J connectivity index is 1.85. The van der Waals surface area contributed by atoms with E-state index in [2.05, 4.69) is 18.2 Å². The highest BCUT2D eigenvalue weighted by atomic mass is 16.5. The fourth-order valence-corrected chi connectivity index (χ4v) is 3.82. The van der Waals surface area contributed by atoms with Crippen LogP contribution in [0.4, 0.5) is 0 Å². The summed E-state index contributed by atoms with van der Waals surface area (Å²) in [4.78, 5) is 0. The molecule has 0 aromatic rings. The lowest BCUT2D eigenvalue weighted by molar-refractivity contribution is -0.149. The molecule has 2 unspecified atom stereocenters. The maximum absolute atomic E-state index is 5.96. The molecular formula is C16H27NO. The first-order valence-electron chi connectivity index (χ1n) is 7.62. The molecule has 0 amide bonds. The number of hydrogen-bond donors (Lipinski definition) is 1. The van der Waals surface area contributed by atoms with E-state index in [0.29, 0.717) is 17.6 Å². The van der Waals surface area contributed by atoms with Gasteiger partial charge in [0.25, 0.3) is 0 Å². The molecule has 0 saturated heterocycles. The number of nitrogens with one attached hydrogen (secondary N) is 1. The van der Waals surface area contributed by atoms with Crippen molar-refractivity contribution < 1.29 is 4.74 Å². The van der Waals surface area contributed by atoms with Crippen LogP contribution in [0, 0.1) is 17.8 Å². The van der Waals surface area contributed by atoms with Crippen molar-refractivity contribution >= 4 is 0 Å². The number of terminal acetylenes is 1. The smallest absolute Gasteiger partial charge is 0.0661 e. The molecule has 0 bridgehead atoms. The molecule has 2 saturated carbocycles. The number of ether oxygens (including phenoxy) is 1. The predicted molar refractivity (Wildman–Crippen MR) is 75.4 cm³/mol. The summed E-state index contributed by atoms with van der Waals surface area (Å²) in [6.45, 7) is 4.04. The fraction of sp³-hybridized carbons (Fsp3) is 0.875. The quantitative estimate of drug-likeness (QED) is 0.577. The van der Waals surface area contributed by atoms with Crippen molar-refractivity contribution in [3.8, 4) is 12.3 Å². The first-order chi connectivity index (χ1) is 8.83. The molecule has 2 aliphatic carbocycles. The van der Waals surface area contributed by atoms with Gasteiger partial charge in [-0.25, -0.2) is 0 Å². The Morgan fingerprint density at radius 2 is 2.11 bits per heavy atom. The molecule has 0 aromatic heterocycles. The molecule has 0 radical (unpaired) electrons. The highest BCUT2D eigenvalue weighted by Gasteiger charge is 2.55. The van der Waals surface area contributed by atoms with E-state index in [1.807, 2.05) is 0 Å². The van der Waals surface area contributed by atoms with Gasteiger partial charge in [-0.1, -0.05) is 19.3 Å². The van der Waals surface area contributed by atoms with Gasteiger partial charge in [0.05, 0.1) is 6.10 Å². The predicted octanol–water partition coefficient (Wildman–Crippen LogP) is 3.12. The molecule has 1 N–H and O–H groups in total. The van der Waals surface area contributed by atoms with Crippen molar-refractivity contribution in [2.24, 2.45) is 5.41 Å². The van der Waals surface area contributed by atoms with Crippen LogP contribution >= 0.6 is 0 Å². The molecule has 102 valence electrons. The third kappa shape index (κ3) is 2.73. The minimum Gasteiger partial charge on any atom is -0.378 e. The summed E-state index contributed by atoms with van der Waals surface area (Å²) in [7, 11) is 0. The van der Waals surface area contributed by atoms with E-state index in [1.165, 1.54) is 38.5 Å². The summed E-state index contributed by atoms with van der Waals surface area (Å²) in [5.41, 5.74) is 0.449. The molecule has 18 heavy (non-hydrogen) atoms. The number of rotatable bonds is 6. The summed E-state index contributed by atoms with van der Waals surface area (Å²) in [5, 5.41) is 3.73. The van der Waals surface area contributed by atoms with Gasteiger partial charge in [0.1, 0.15) is 0 Å². The van der Waals surface area contributed by atoms with Crippen LogP contribution < -0.4 is 5.32 Å². The van der Waals surface area contributed by atoms with E-state index in [9.17, 15) is 0 Å². The lowest BCUT2D eigenvalue weighted by atomic mass is 9.55. The zero-order valence-corrected chi connectivity index (χ0v) is 11.7. The van der Waals surface area contributed by atoms with Crippen molar-refractivity contribution in [2.45, 2.75) is 70.4 Å². The van der Waals surface area contributed by atoms with E-state index < -0.39 is 0 Å². The molecule has 0 heterocycles. The van der Waals surface area contributed by atoms with E-state index in [1.54, 1.807) is 0 Å².